The van der Waals surface area contributed by atoms with Crippen LogP contribution in [0.2, 0.25) is 0 Å². The van der Waals surface area contributed by atoms with E-state index in [1.165, 1.54) is 4.31 Å². The molecule has 1 rings (SSSR count). The molecule has 1 aromatic heterocycles. The number of nitrogens with one attached hydrogen (secondary N) is 1. The Balaban J connectivity index is 2.71. The van der Waals surface area contributed by atoms with Crippen molar-refractivity contribution in [2.75, 3.05) is 24.4 Å². The van der Waals surface area contributed by atoms with Crippen LogP contribution in [0.4, 0.5) is 5.13 Å². The first kappa shape index (κ1) is 16.9. The topological polar surface area (TPSA) is 88.6 Å². The Bertz CT molecular complexity index is 538. The monoisotopic (exact) mass is 321 g/mol. The van der Waals surface area contributed by atoms with E-state index >= 15 is 0 Å². The SMILES string of the molecule is CCOC(=O)Cc1csc(NS(=O)(=O)N(CC)CC)n1. The van der Waals surface area contributed by atoms with Gasteiger partial charge in [0.05, 0.1) is 18.7 Å². The summed E-state index contributed by atoms with van der Waals surface area (Å²) in [5.41, 5.74) is 0.491. The van der Waals surface area contributed by atoms with Gasteiger partial charge in [0.1, 0.15) is 0 Å². The van der Waals surface area contributed by atoms with Gasteiger partial charge in [-0.3, -0.25) is 4.79 Å². The van der Waals surface area contributed by atoms with E-state index in [9.17, 15) is 13.2 Å². The third-order valence-corrected chi connectivity index (χ3v) is 5.03. The van der Waals surface area contributed by atoms with Crippen LogP contribution in [0.15, 0.2) is 5.38 Å². The lowest BCUT2D eigenvalue weighted by Crippen LogP contribution is -2.35. The zero-order valence-corrected chi connectivity index (χ0v) is 13.4. The summed E-state index contributed by atoms with van der Waals surface area (Å²) in [6.07, 6.45) is 0.0390. The maximum atomic E-state index is 12.0. The van der Waals surface area contributed by atoms with Crippen molar-refractivity contribution >= 4 is 32.6 Å². The lowest BCUT2D eigenvalue weighted by Gasteiger charge is -2.17. The van der Waals surface area contributed by atoms with E-state index in [1.54, 1.807) is 26.2 Å². The highest BCUT2D eigenvalue weighted by atomic mass is 32.2. The van der Waals surface area contributed by atoms with Gasteiger partial charge in [-0.2, -0.15) is 12.7 Å². The highest BCUT2D eigenvalue weighted by Crippen LogP contribution is 2.18. The summed E-state index contributed by atoms with van der Waals surface area (Å²) in [5, 5.41) is 1.88. The second kappa shape index (κ2) is 7.55. The van der Waals surface area contributed by atoms with Crippen LogP contribution < -0.4 is 4.72 Å². The number of nitrogens with zero attached hydrogens (tertiary/aromatic N) is 2. The molecule has 1 N–H and O–H groups in total. The summed E-state index contributed by atoms with van der Waals surface area (Å²) in [4.78, 5) is 15.4. The van der Waals surface area contributed by atoms with Crippen molar-refractivity contribution in [3.63, 3.8) is 0 Å². The van der Waals surface area contributed by atoms with E-state index in [1.807, 2.05) is 0 Å². The van der Waals surface area contributed by atoms with Crippen LogP contribution in [0.1, 0.15) is 26.5 Å². The van der Waals surface area contributed by atoms with Crippen molar-refractivity contribution in [2.45, 2.75) is 27.2 Å². The molecule has 0 saturated heterocycles. The molecule has 0 unspecified atom stereocenters. The third kappa shape index (κ3) is 4.73. The molecule has 0 radical (unpaired) electrons. The molecular formula is C11H19N3O4S2. The Morgan fingerprint density at radius 1 is 1.40 bits per heavy atom. The van der Waals surface area contributed by atoms with Crippen LogP contribution in [0, 0.1) is 0 Å². The predicted molar refractivity (Wildman–Crippen MR) is 77.9 cm³/mol. The van der Waals surface area contributed by atoms with Crippen molar-refractivity contribution in [1.82, 2.24) is 9.29 Å². The van der Waals surface area contributed by atoms with Gasteiger partial charge in [-0.25, -0.2) is 9.71 Å². The number of rotatable bonds is 8. The number of ether oxygens (including phenoxy) is 1. The van der Waals surface area contributed by atoms with Gasteiger partial charge >= 0.3 is 16.2 Å². The van der Waals surface area contributed by atoms with Crippen LogP contribution in [0.25, 0.3) is 0 Å². The molecule has 1 heterocycles. The minimum absolute atomic E-state index is 0.0390. The second-order valence-electron chi connectivity index (χ2n) is 3.82. The molecular weight excluding hydrogens is 302 g/mol. The molecule has 1 aromatic rings. The van der Waals surface area contributed by atoms with E-state index < -0.39 is 10.2 Å². The first-order chi connectivity index (χ1) is 9.42. The standard InChI is InChI=1S/C11H19N3O4S2/c1-4-14(5-2)20(16,17)13-11-12-9(8-19-11)7-10(15)18-6-3/h8H,4-7H2,1-3H3,(H,12,13). The number of esters is 1. The van der Waals surface area contributed by atoms with Gasteiger partial charge in [0.25, 0.3) is 0 Å². The van der Waals surface area contributed by atoms with E-state index in [-0.39, 0.29) is 17.5 Å². The summed E-state index contributed by atoms with van der Waals surface area (Å²) < 4.78 is 32.5. The highest BCUT2D eigenvalue weighted by molar-refractivity contribution is 7.90. The molecule has 0 atom stereocenters. The average molecular weight is 321 g/mol. The zero-order valence-electron chi connectivity index (χ0n) is 11.7. The Hall–Kier alpha value is -1.19. The molecule has 0 fully saturated rings. The molecule has 0 amide bonds. The van der Waals surface area contributed by atoms with E-state index in [0.717, 1.165) is 11.3 Å². The molecule has 0 aliphatic heterocycles. The maximum absolute atomic E-state index is 12.0. The molecule has 0 aliphatic rings. The zero-order chi connectivity index (χ0) is 15.2. The van der Waals surface area contributed by atoms with Crippen molar-refractivity contribution in [3.05, 3.63) is 11.1 Å². The van der Waals surface area contributed by atoms with E-state index in [0.29, 0.717) is 25.4 Å². The number of hydrogen-bond donors (Lipinski definition) is 1. The minimum Gasteiger partial charge on any atom is -0.466 e. The van der Waals surface area contributed by atoms with Crippen molar-refractivity contribution in [2.24, 2.45) is 0 Å². The van der Waals surface area contributed by atoms with Crippen LogP contribution in [-0.2, 0) is 26.2 Å². The van der Waals surface area contributed by atoms with E-state index in [2.05, 4.69) is 9.71 Å². The van der Waals surface area contributed by atoms with Crippen LogP contribution >= 0.6 is 11.3 Å². The van der Waals surface area contributed by atoms with Crippen molar-refractivity contribution in [3.8, 4) is 0 Å². The average Bonchev–Trinajstić information content (AvgIpc) is 2.76. The largest absolute Gasteiger partial charge is 0.466 e. The fourth-order valence-corrected chi connectivity index (χ4v) is 3.67. The van der Waals surface area contributed by atoms with E-state index in [4.69, 9.17) is 4.74 Å². The van der Waals surface area contributed by atoms with Gasteiger partial charge in [0.15, 0.2) is 5.13 Å². The smallest absolute Gasteiger partial charge is 0.311 e. The summed E-state index contributed by atoms with van der Waals surface area (Å²) >= 11 is 1.14. The summed E-state index contributed by atoms with van der Waals surface area (Å²) in [6, 6.07) is 0. The predicted octanol–water partition coefficient (Wildman–Crippen LogP) is 1.25. The molecule has 0 spiro atoms. The summed E-state index contributed by atoms with van der Waals surface area (Å²) in [6.45, 7) is 6.32. The normalized spacial score (nSPS) is 11.6. The quantitative estimate of drug-likeness (QED) is 0.728. The first-order valence-corrected chi connectivity index (χ1v) is 8.62. The second-order valence-corrected chi connectivity index (χ2v) is 6.35. The molecule has 114 valence electrons. The third-order valence-electron chi connectivity index (χ3n) is 2.44. The van der Waals surface area contributed by atoms with Gasteiger partial charge in [0.2, 0.25) is 0 Å². The van der Waals surface area contributed by atoms with Crippen LogP contribution in [-0.4, -0.2) is 43.4 Å². The van der Waals surface area contributed by atoms with Crippen LogP contribution in [0.3, 0.4) is 0 Å². The molecule has 0 aliphatic carbocycles. The molecule has 9 heteroatoms. The minimum atomic E-state index is -3.59. The lowest BCUT2D eigenvalue weighted by atomic mass is 10.3. The Morgan fingerprint density at radius 3 is 2.60 bits per heavy atom. The number of carbonyl (C=O) groups is 1. The van der Waals surface area contributed by atoms with Gasteiger partial charge in [0, 0.05) is 18.5 Å². The number of hydrogen-bond acceptors (Lipinski definition) is 6. The summed E-state index contributed by atoms with van der Waals surface area (Å²) in [5.74, 6) is -0.379. The van der Waals surface area contributed by atoms with Crippen LogP contribution in [0.5, 0.6) is 0 Å². The molecule has 0 saturated carbocycles. The Labute approximate surface area is 123 Å². The van der Waals surface area contributed by atoms with Crippen molar-refractivity contribution in [1.29, 1.82) is 0 Å². The number of aromatic nitrogens is 1. The van der Waals surface area contributed by atoms with Gasteiger partial charge in [-0.15, -0.1) is 11.3 Å². The Morgan fingerprint density at radius 2 is 2.05 bits per heavy atom. The first-order valence-electron chi connectivity index (χ1n) is 6.30. The summed E-state index contributed by atoms with van der Waals surface area (Å²) in [7, 11) is -3.59. The molecule has 20 heavy (non-hydrogen) atoms. The molecule has 7 nitrogen and oxygen atoms in total. The molecule has 0 aromatic carbocycles. The van der Waals surface area contributed by atoms with Gasteiger partial charge in [-0.1, -0.05) is 13.8 Å². The fourth-order valence-electron chi connectivity index (χ4n) is 1.53. The van der Waals surface area contributed by atoms with Gasteiger partial charge < -0.3 is 4.74 Å². The van der Waals surface area contributed by atoms with Crippen molar-refractivity contribution < 1.29 is 17.9 Å². The maximum Gasteiger partial charge on any atom is 0.311 e. The fraction of sp³-hybridized carbons (Fsp3) is 0.636. The highest BCUT2D eigenvalue weighted by Gasteiger charge is 2.20. The number of thiazole rings is 1. The number of carbonyl (C=O) groups excluding carboxylic acids is 1. The molecule has 0 bridgehead atoms. The lowest BCUT2D eigenvalue weighted by molar-refractivity contribution is -0.142. The van der Waals surface area contributed by atoms with Gasteiger partial charge in [-0.05, 0) is 6.92 Å². The number of anilines is 1. The Kier molecular flexibility index (Phi) is 6.37.